The van der Waals surface area contributed by atoms with Crippen LogP contribution in [0.2, 0.25) is 0 Å². The molecule has 0 fully saturated rings. The van der Waals surface area contributed by atoms with Crippen LogP contribution in [0.4, 0.5) is 0 Å². The monoisotopic (exact) mass is 418 g/mol. The van der Waals surface area contributed by atoms with Gasteiger partial charge in [0.05, 0.1) is 13.1 Å². The van der Waals surface area contributed by atoms with Crippen molar-refractivity contribution in [3.8, 4) is 0 Å². The molecule has 2 aromatic rings. The van der Waals surface area contributed by atoms with E-state index in [2.05, 4.69) is 42.2 Å². The number of aryl methyl sites for hydroxylation is 2. The van der Waals surface area contributed by atoms with Gasteiger partial charge in [0.25, 0.3) is 11.5 Å². The molecule has 0 aliphatic rings. The maximum absolute atomic E-state index is 12.1. The maximum atomic E-state index is 12.1. The Kier molecular flexibility index (Phi) is 4.82. The van der Waals surface area contributed by atoms with Crippen LogP contribution in [0.5, 0.6) is 0 Å². The molecule has 1 amide bonds. The molecule has 0 aliphatic carbocycles. The summed E-state index contributed by atoms with van der Waals surface area (Å²) in [5, 5.41) is 2.77. The average Bonchev–Trinajstić information content (AvgIpc) is 2.66. The molecule has 0 saturated carbocycles. The number of aromatic amines is 1. The van der Waals surface area contributed by atoms with Gasteiger partial charge in [-0.25, -0.2) is 0 Å². The molecule has 7 heteroatoms. The van der Waals surface area contributed by atoms with Gasteiger partial charge in [-0.1, -0.05) is 0 Å². The third kappa shape index (κ3) is 3.39. The van der Waals surface area contributed by atoms with Crippen LogP contribution in [-0.4, -0.2) is 10.9 Å². The van der Waals surface area contributed by atoms with Crippen molar-refractivity contribution in [1.29, 1.82) is 0 Å². The highest BCUT2D eigenvalue weighted by molar-refractivity contribution is 9.12. The minimum absolute atomic E-state index is 0.159. The van der Waals surface area contributed by atoms with E-state index in [1.165, 1.54) is 11.3 Å². The van der Waals surface area contributed by atoms with Gasteiger partial charge >= 0.3 is 0 Å². The predicted molar refractivity (Wildman–Crippen MR) is 87.4 cm³/mol. The maximum Gasteiger partial charge on any atom is 0.253 e. The van der Waals surface area contributed by atoms with Crippen LogP contribution in [0.1, 0.15) is 27.2 Å². The molecular formula is C13H12Br2N2O2S. The first kappa shape index (κ1) is 15.5. The first-order valence-electron chi connectivity index (χ1n) is 5.81. The van der Waals surface area contributed by atoms with Crippen LogP contribution in [0.3, 0.4) is 0 Å². The van der Waals surface area contributed by atoms with Crippen molar-refractivity contribution in [2.75, 3.05) is 0 Å². The lowest BCUT2D eigenvalue weighted by molar-refractivity contribution is 0.0950. The molecule has 0 saturated heterocycles. The molecule has 106 valence electrons. The molecule has 4 nitrogen and oxygen atoms in total. The molecule has 0 bridgehead atoms. The molecule has 0 spiro atoms. The molecule has 0 radical (unpaired) electrons. The van der Waals surface area contributed by atoms with Crippen molar-refractivity contribution >= 4 is 49.1 Å². The van der Waals surface area contributed by atoms with E-state index < -0.39 is 0 Å². The summed E-state index contributed by atoms with van der Waals surface area (Å²) in [5.41, 5.74) is 2.66. The quantitative estimate of drug-likeness (QED) is 0.799. The standard InChI is InChI=1S/C13H12Br2N2O2S/c1-6-3-7(2)17-13(19)9(6)5-16-12(18)8-4-10(14)20-11(8)15/h3-4H,5H2,1-2H3,(H,16,18)(H,17,19). The minimum atomic E-state index is -0.210. The average molecular weight is 420 g/mol. The number of thiophene rings is 1. The highest BCUT2D eigenvalue weighted by atomic mass is 79.9. The number of halogens is 2. The number of aromatic nitrogens is 1. The summed E-state index contributed by atoms with van der Waals surface area (Å²) in [7, 11) is 0. The summed E-state index contributed by atoms with van der Waals surface area (Å²) < 4.78 is 1.63. The van der Waals surface area contributed by atoms with Gasteiger partial charge in [-0.2, -0.15) is 0 Å². The number of amides is 1. The summed E-state index contributed by atoms with van der Waals surface area (Å²) in [6.45, 7) is 3.90. The summed E-state index contributed by atoms with van der Waals surface area (Å²) in [6.07, 6.45) is 0. The van der Waals surface area contributed by atoms with Crippen LogP contribution < -0.4 is 10.9 Å². The Morgan fingerprint density at radius 2 is 2.05 bits per heavy atom. The van der Waals surface area contributed by atoms with E-state index in [1.54, 1.807) is 6.07 Å². The van der Waals surface area contributed by atoms with Crippen molar-refractivity contribution in [3.63, 3.8) is 0 Å². The zero-order valence-corrected chi connectivity index (χ0v) is 14.8. The first-order valence-corrected chi connectivity index (χ1v) is 8.21. The number of hydrogen-bond acceptors (Lipinski definition) is 3. The fraction of sp³-hybridized carbons (Fsp3) is 0.231. The van der Waals surface area contributed by atoms with Gasteiger partial charge in [-0.15, -0.1) is 11.3 Å². The summed E-state index contributed by atoms with van der Waals surface area (Å²) in [4.78, 5) is 26.7. The van der Waals surface area contributed by atoms with E-state index in [-0.39, 0.29) is 18.0 Å². The Morgan fingerprint density at radius 3 is 2.60 bits per heavy atom. The van der Waals surface area contributed by atoms with E-state index in [0.717, 1.165) is 18.8 Å². The smallest absolute Gasteiger partial charge is 0.253 e. The topological polar surface area (TPSA) is 62.0 Å². The van der Waals surface area contributed by atoms with Crippen molar-refractivity contribution in [2.24, 2.45) is 0 Å². The molecule has 0 unspecified atom stereocenters. The van der Waals surface area contributed by atoms with Gasteiger partial charge in [0.2, 0.25) is 0 Å². The molecule has 2 rings (SSSR count). The van der Waals surface area contributed by atoms with Crippen molar-refractivity contribution in [3.05, 3.63) is 52.4 Å². The van der Waals surface area contributed by atoms with Crippen molar-refractivity contribution in [2.45, 2.75) is 20.4 Å². The SMILES string of the molecule is Cc1cc(C)c(CNC(=O)c2cc(Br)sc2Br)c(=O)[nH]1. The largest absolute Gasteiger partial charge is 0.348 e. The van der Waals surface area contributed by atoms with Gasteiger partial charge in [0.15, 0.2) is 0 Å². The Morgan fingerprint density at radius 1 is 1.35 bits per heavy atom. The molecule has 2 aromatic heterocycles. The van der Waals surface area contributed by atoms with Gasteiger partial charge in [0.1, 0.15) is 0 Å². The highest BCUT2D eigenvalue weighted by Gasteiger charge is 2.14. The Bertz CT molecular complexity index is 722. The van der Waals surface area contributed by atoms with E-state index in [4.69, 9.17) is 0 Å². The molecule has 0 aliphatic heterocycles. The van der Waals surface area contributed by atoms with Gasteiger partial charge in [-0.3, -0.25) is 9.59 Å². The minimum Gasteiger partial charge on any atom is -0.348 e. The lowest BCUT2D eigenvalue weighted by Crippen LogP contribution is -2.27. The lowest BCUT2D eigenvalue weighted by atomic mass is 10.1. The van der Waals surface area contributed by atoms with E-state index in [1.807, 2.05) is 19.9 Å². The fourth-order valence-electron chi connectivity index (χ4n) is 1.86. The molecular weight excluding hydrogens is 408 g/mol. The zero-order chi connectivity index (χ0) is 14.9. The number of H-pyrrole nitrogens is 1. The van der Waals surface area contributed by atoms with Gasteiger partial charge in [0, 0.05) is 17.8 Å². The number of carbonyl (C=O) groups excluding carboxylic acids is 1. The summed E-state index contributed by atoms with van der Waals surface area (Å²) in [5.74, 6) is -0.210. The highest BCUT2D eigenvalue weighted by Crippen LogP contribution is 2.31. The molecule has 2 heterocycles. The van der Waals surface area contributed by atoms with Crippen molar-refractivity contribution < 1.29 is 4.79 Å². The van der Waals surface area contributed by atoms with Crippen LogP contribution in [-0.2, 0) is 6.54 Å². The van der Waals surface area contributed by atoms with E-state index >= 15 is 0 Å². The van der Waals surface area contributed by atoms with Crippen LogP contribution in [0.25, 0.3) is 0 Å². The normalized spacial score (nSPS) is 10.6. The third-order valence-corrected chi connectivity index (χ3v) is 5.16. The molecule has 0 aromatic carbocycles. The Labute approximate surface area is 136 Å². The molecule has 2 N–H and O–H groups in total. The number of nitrogens with one attached hydrogen (secondary N) is 2. The number of rotatable bonds is 3. The first-order chi connectivity index (χ1) is 9.38. The second kappa shape index (κ2) is 6.24. The number of pyridine rings is 1. The fourth-order valence-corrected chi connectivity index (χ4v) is 4.65. The predicted octanol–water partition coefficient (Wildman–Crippen LogP) is 3.51. The van der Waals surface area contributed by atoms with Crippen LogP contribution in [0, 0.1) is 13.8 Å². The van der Waals surface area contributed by atoms with Gasteiger partial charge < -0.3 is 10.3 Å². The number of carbonyl (C=O) groups is 1. The van der Waals surface area contributed by atoms with Crippen LogP contribution in [0.15, 0.2) is 24.5 Å². The Balaban J connectivity index is 2.15. The molecule has 0 atom stereocenters. The summed E-state index contributed by atoms with van der Waals surface area (Å²) >= 11 is 8.11. The van der Waals surface area contributed by atoms with E-state index in [0.29, 0.717) is 11.1 Å². The second-order valence-electron chi connectivity index (χ2n) is 4.36. The van der Waals surface area contributed by atoms with Gasteiger partial charge in [-0.05, 0) is 63.4 Å². The third-order valence-electron chi connectivity index (χ3n) is 2.82. The second-order valence-corrected chi connectivity index (χ2v) is 8.11. The lowest BCUT2D eigenvalue weighted by Gasteiger charge is -2.07. The molecule has 20 heavy (non-hydrogen) atoms. The zero-order valence-electron chi connectivity index (χ0n) is 10.8. The number of hydrogen-bond donors (Lipinski definition) is 2. The van der Waals surface area contributed by atoms with E-state index in [9.17, 15) is 9.59 Å². The summed E-state index contributed by atoms with van der Waals surface area (Å²) in [6, 6.07) is 3.64. The van der Waals surface area contributed by atoms with Crippen LogP contribution >= 0.6 is 43.2 Å². The Hall–Kier alpha value is -0.920. The van der Waals surface area contributed by atoms with Crippen molar-refractivity contribution in [1.82, 2.24) is 10.3 Å².